The fraction of sp³-hybridized carbons (Fsp3) is 0.400. The number of carboxylic acids is 1. The average molecular weight is 247 g/mol. The first kappa shape index (κ1) is 14.5. The van der Waals surface area contributed by atoms with Crippen molar-refractivity contribution < 1.29 is 9.90 Å². The van der Waals surface area contributed by atoms with Crippen molar-refractivity contribution in [1.82, 2.24) is 0 Å². The zero-order chi connectivity index (χ0) is 13.5. The van der Waals surface area contributed by atoms with E-state index in [0.29, 0.717) is 18.8 Å². The topological polar surface area (TPSA) is 63.3 Å². The molecule has 0 saturated heterocycles. The number of nitrogens with two attached hydrogens (primary N) is 1. The SMILES string of the molecule is CC(C)c1ccc(/C=C/CCC(N)C(=O)O)cc1. The van der Waals surface area contributed by atoms with E-state index in [1.54, 1.807) is 0 Å². The highest BCUT2D eigenvalue weighted by Gasteiger charge is 2.08. The summed E-state index contributed by atoms with van der Waals surface area (Å²) in [5, 5.41) is 8.63. The molecule has 0 aliphatic rings. The van der Waals surface area contributed by atoms with Gasteiger partial charge >= 0.3 is 5.97 Å². The highest BCUT2D eigenvalue weighted by atomic mass is 16.4. The van der Waals surface area contributed by atoms with Gasteiger partial charge < -0.3 is 10.8 Å². The van der Waals surface area contributed by atoms with Gasteiger partial charge in [-0.05, 0) is 29.9 Å². The zero-order valence-electron chi connectivity index (χ0n) is 11.0. The van der Waals surface area contributed by atoms with Crippen molar-refractivity contribution in [3.05, 3.63) is 41.5 Å². The molecule has 0 aromatic heterocycles. The number of allylic oxidation sites excluding steroid dienone is 1. The number of rotatable bonds is 6. The molecule has 1 aromatic carbocycles. The van der Waals surface area contributed by atoms with Crippen LogP contribution in [0.2, 0.25) is 0 Å². The smallest absolute Gasteiger partial charge is 0.320 e. The summed E-state index contributed by atoms with van der Waals surface area (Å²) in [5.41, 5.74) is 7.86. The van der Waals surface area contributed by atoms with E-state index >= 15 is 0 Å². The molecule has 0 bridgehead atoms. The Hall–Kier alpha value is -1.61. The Morgan fingerprint density at radius 1 is 1.33 bits per heavy atom. The minimum atomic E-state index is -0.940. The van der Waals surface area contributed by atoms with E-state index in [9.17, 15) is 4.79 Å². The summed E-state index contributed by atoms with van der Waals surface area (Å²) in [7, 11) is 0. The molecule has 0 heterocycles. The third kappa shape index (κ3) is 4.72. The van der Waals surface area contributed by atoms with Crippen LogP contribution in [-0.2, 0) is 4.79 Å². The largest absolute Gasteiger partial charge is 0.480 e. The molecule has 18 heavy (non-hydrogen) atoms. The summed E-state index contributed by atoms with van der Waals surface area (Å²) in [6.45, 7) is 4.33. The van der Waals surface area contributed by atoms with Crippen LogP contribution in [0.5, 0.6) is 0 Å². The van der Waals surface area contributed by atoms with Crippen molar-refractivity contribution in [2.45, 2.75) is 38.6 Å². The first-order chi connectivity index (χ1) is 8.50. The van der Waals surface area contributed by atoms with Gasteiger partial charge in [-0.25, -0.2) is 0 Å². The molecule has 98 valence electrons. The molecule has 1 atom stereocenters. The Bertz CT molecular complexity index is 407. The lowest BCUT2D eigenvalue weighted by Crippen LogP contribution is -2.29. The Labute approximate surface area is 108 Å². The molecule has 3 nitrogen and oxygen atoms in total. The average Bonchev–Trinajstić information content (AvgIpc) is 2.34. The standard InChI is InChI=1S/C15H21NO2/c1-11(2)13-9-7-12(8-10-13)5-3-4-6-14(16)15(17)18/h3,5,7-11,14H,4,6,16H2,1-2H3,(H,17,18)/b5-3+. The van der Waals surface area contributed by atoms with Gasteiger partial charge in [0.05, 0.1) is 0 Å². The molecule has 0 saturated carbocycles. The van der Waals surface area contributed by atoms with Crippen molar-refractivity contribution >= 4 is 12.0 Å². The lowest BCUT2D eigenvalue weighted by Gasteiger charge is -2.05. The molecule has 3 heteroatoms. The van der Waals surface area contributed by atoms with Gasteiger partial charge in [0.25, 0.3) is 0 Å². The highest BCUT2D eigenvalue weighted by molar-refractivity contribution is 5.73. The van der Waals surface area contributed by atoms with E-state index in [1.165, 1.54) is 5.56 Å². The van der Waals surface area contributed by atoms with E-state index in [1.807, 2.05) is 12.2 Å². The minimum absolute atomic E-state index is 0.468. The predicted molar refractivity (Wildman–Crippen MR) is 74.4 cm³/mol. The van der Waals surface area contributed by atoms with Gasteiger partial charge in [0.15, 0.2) is 0 Å². The lowest BCUT2D eigenvalue weighted by atomic mass is 10.0. The molecule has 3 N–H and O–H groups in total. The molecule has 1 rings (SSSR count). The monoisotopic (exact) mass is 247 g/mol. The van der Waals surface area contributed by atoms with Gasteiger partial charge in [0.1, 0.15) is 6.04 Å². The lowest BCUT2D eigenvalue weighted by molar-refractivity contribution is -0.138. The molecule has 0 amide bonds. The van der Waals surface area contributed by atoms with Gasteiger partial charge in [-0.1, -0.05) is 50.3 Å². The molecule has 0 spiro atoms. The number of carboxylic acid groups (broad SMARTS) is 1. The molecular formula is C15H21NO2. The number of hydrogen-bond acceptors (Lipinski definition) is 2. The first-order valence-corrected chi connectivity index (χ1v) is 6.25. The van der Waals surface area contributed by atoms with Gasteiger partial charge in [-0.15, -0.1) is 0 Å². The first-order valence-electron chi connectivity index (χ1n) is 6.25. The van der Waals surface area contributed by atoms with Crippen LogP contribution >= 0.6 is 0 Å². The van der Waals surface area contributed by atoms with E-state index in [2.05, 4.69) is 38.1 Å². The minimum Gasteiger partial charge on any atom is -0.480 e. The van der Waals surface area contributed by atoms with Crippen LogP contribution in [0.3, 0.4) is 0 Å². The molecule has 0 radical (unpaired) electrons. The maximum atomic E-state index is 10.5. The normalized spacial score (nSPS) is 13.1. The molecule has 0 fully saturated rings. The van der Waals surface area contributed by atoms with E-state index in [-0.39, 0.29) is 0 Å². The van der Waals surface area contributed by atoms with Crippen LogP contribution < -0.4 is 5.73 Å². The summed E-state index contributed by atoms with van der Waals surface area (Å²) in [5.74, 6) is -0.402. The third-order valence-electron chi connectivity index (χ3n) is 2.87. The fourth-order valence-corrected chi connectivity index (χ4v) is 1.61. The van der Waals surface area contributed by atoms with Crippen molar-refractivity contribution in [1.29, 1.82) is 0 Å². The van der Waals surface area contributed by atoms with Gasteiger partial charge in [0, 0.05) is 0 Å². The Morgan fingerprint density at radius 3 is 2.44 bits per heavy atom. The summed E-state index contributed by atoms with van der Waals surface area (Å²) >= 11 is 0. The van der Waals surface area contributed by atoms with E-state index < -0.39 is 12.0 Å². The van der Waals surface area contributed by atoms with Crippen LogP contribution in [0.15, 0.2) is 30.3 Å². The molecular weight excluding hydrogens is 226 g/mol. The number of benzene rings is 1. The second-order valence-corrected chi connectivity index (χ2v) is 4.75. The van der Waals surface area contributed by atoms with Crippen LogP contribution in [0, 0.1) is 0 Å². The van der Waals surface area contributed by atoms with Crippen LogP contribution in [0.1, 0.15) is 43.7 Å². The Morgan fingerprint density at radius 2 is 1.94 bits per heavy atom. The molecule has 0 aliphatic carbocycles. The zero-order valence-corrected chi connectivity index (χ0v) is 11.0. The number of carbonyl (C=O) groups is 1. The van der Waals surface area contributed by atoms with E-state index in [4.69, 9.17) is 10.8 Å². The number of aliphatic carboxylic acids is 1. The van der Waals surface area contributed by atoms with Crippen LogP contribution in [0.25, 0.3) is 6.08 Å². The quantitative estimate of drug-likeness (QED) is 0.812. The summed E-state index contributed by atoms with van der Waals surface area (Å²) in [6.07, 6.45) is 5.11. The maximum Gasteiger partial charge on any atom is 0.320 e. The predicted octanol–water partition coefficient (Wildman–Crippen LogP) is 3.02. The van der Waals surface area contributed by atoms with Crippen LogP contribution in [0.4, 0.5) is 0 Å². The van der Waals surface area contributed by atoms with Crippen molar-refractivity contribution in [3.63, 3.8) is 0 Å². The van der Waals surface area contributed by atoms with Gasteiger partial charge in [-0.3, -0.25) is 4.79 Å². The van der Waals surface area contributed by atoms with Gasteiger partial charge in [-0.2, -0.15) is 0 Å². The molecule has 0 aliphatic heterocycles. The second-order valence-electron chi connectivity index (χ2n) is 4.75. The summed E-state index contributed by atoms with van der Waals surface area (Å²) in [4.78, 5) is 10.5. The maximum absolute atomic E-state index is 10.5. The molecule has 1 aromatic rings. The highest BCUT2D eigenvalue weighted by Crippen LogP contribution is 2.15. The Kier molecular flexibility index (Phi) is 5.59. The van der Waals surface area contributed by atoms with E-state index in [0.717, 1.165) is 5.56 Å². The second kappa shape index (κ2) is 6.97. The van der Waals surface area contributed by atoms with Crippen molar-refractivity contribution in [2.75, 3.05) is 0 Å². The number of hydrogen-bond donors (Lipinski definition) is 2. The Balaban J connectivity index is 2.45. The summed E-state index contributed by atoms with van der Waals surface area (Å²) in [6, 6.07) is 7.62. The van der Waals surface area contributed by atoms with Crippen molar-refractivity contribution in [2.24, 2.45) is 5.73 Å². The van der Waals surface area contributed by atoms with Crippen LogP contribution in [-0.4, -0.2) is 17.1 Å². The fourth-order valence-electron chi connectivity index (χ4n) is 1.61. The summed E-state index contributed by atoms with van der Waals surface area (Å²) < 4.78 is 0. The van der Waals surface area contributed by atoms with Gasteiger partial charge in [0.2, 0.25) is 0 Å². The molecule has 1 unspecified atom stereocenters. The van der Waals surface area contributed by atoms with Crippen molar-refractivity contribution in [3.8, 4) is 0 Å². The third-order valence-corrected chi connectivity index (χ3v) is 2.87.